The summed E-state index contributed by atoms with van der Waals surface area (Å²) in [6, 6.07) is 5.85. The van der Waals surface area contributed by atoms with Crippen molar-refractivity contribution in [1.29, 1.82) is 0 Å². The van der Waals surface area contributed by atoms with Crippen LogP contribution in [0.3, 0.4) is 0 Å². The zero-order chi connectivity index (χ0) is 12.0. The van der Waals surface area contributed by atoms with E-state index in [2.05, 4.69) is 39.0 Å². The molecule has 0 radical (unpaired) electrons. The highest BCUT2D eigenvalue weighted by atomic mass is 16.3. The summed E-state index contributed by atoms with van der Waals surface area (Å²) in [4.78, 5) is 0. The van der Waals surface area contributed by atoms with Crippen LogP contribution in [0.25, 0.3) is 0 Å². The predicted molar refractivity (Wildman–Crippen MR) is 69.9 cm³/mol. The van der Waals surface area contributed by atoms with Crippen LogP contribution in [-0.2, 0) is 0 Å². The van der Waals surface area contributed by atoms with Crippen molar-refractivity contribution >= 4 is 0 Å². The first-order chi connectivity index (χ1) is 7.69. The van der Waals surface area contributed by atoms with Crippen LogP contribution in [0.15, 0.2) is 30.4 Å². The minimum Gasteiger partial charge on any atom is -0.508 e. The Labute approximate surface area is 98.8 Å². The van der Waals surface area contributed by atoms with Gasteiger partial charge in [0.05, 0.1) is 0 Å². The Hall–Kier alpha value is -1.24. The summed E-state index contributed by atoms with van der Waals surface area (Å²) in [5.41, 5.74) is 2.30. The summed E-state index contributed by atoms with van der Waals surface area (Å²) in [5, 5.41) is 9.87. The predicted octanol–water partition coefficient (Wildman–Crippen LogP) is 4.55. The maximum atomic E-state index is 9.87. The molecule has 0 aromatic heterocycles. The van der Waals surface area contributed by atoms with E-state index < -0.39 is 0 Å². The summed E-state index contributed by atoms with van der Waals surface area (Å²) in [6.45, 7) is 6.38. The molecular formula is C15H22O. The molecule has 1 unspecified atom stereocenters. The number of allylic oxidation sites excluding steroid dienone is 2. The molecule has 0 heterocycles. The molecule has 1 atom stereocenters. The number of aryl methyl sites for hydroxylation is 1. The maximum Gasteiger partial charge on any atom is 0.119 e. The molecule has 1 rings (SSSR count). The highest BCUT2D eigenvalue weighted by Gasteiger charge is 2.12. The quantitative estimate of drug-likeness (QED) is 0.719. The van der Waals surface area contributed by atoms with Gasteiger partial charge in [-0.05, 0) is 43.7 Å². The minimum atomic E-state index is 0.433. The second-order valence-electron chi connectivity index (χ2n) is 4.28. The molecule has 16 heavy (non-hydrogen) atoms. The molecule has 0 amide bonds. The molecule has 0 aliphatic heterocycles. The zero-order valence-corrected chi connectivity index (χ0v) is 10.5. The molecule has 0 aliphatic carbocycles. The Balaban J connectivity index is 2.85. The van der Waals surface area contributed by atoms with E-state index in [0.29, 0.717) is 11.7 Å². The largest absolute Gasteiger partial charge is 0.508 e. The van der Waals surface area contributed by atoms with Gasteiger partial charge in [0, 0.05) is 0 Å². The lowest BCUT2D eigenvalue weighted by molar-refractivity contribution is 0.459. The summed E-state index contributed by atoms with van der Waals surface area (Å²) >= 11 is 0. The highest BCUT2D eigenvalue weighted by molar-refractivity contribution is 5.38. The van der Waals surface area contributed by atoms with E-state index >= 15 is 0 Å². The Morgan fingerprint density at radius 2 is 2.00 bits per heavy atom. The number of phenols is 1. The van der Waals surface area contributed by atoms with Crippen molar-refractivity contribution in [2.45, 2.75) is 46.0 Å². The van der Waals surface area contributed by atoms with Crippen LogP contribution in [0.2, 0.25) is 0 Å². The van der Waals surface area contributed by atoms with Crippen molar-refractivity contribution in [2.24, 2.45) is 0 Å². The van der Waals surface area contributed by atoms with Crippen LogP contribution in [0.5, 0.6) is 5.75 Å². The van der Waals surface area contributed by atoms with Gasteiger partial charge < -0.3 is 5.11 Å². The number of phenolic OH excluding ortho intramolecular Hbond substituents is 1. The third-order valence-corrected chi connectivity index (χ3v) is 2.94. The van der Waals surface area contributed by atoms with E-state index in [0.717, 1.165) is 24.8 Å². The lowest BCUT2D eigenvalue weighted by Gasteiger charge is -2.15. The van der Waals surface area contributed by atoms with Gasteiger partial charge in [0.25, 0.3) is 0 Å². The molecule has 1 aromatic rings. The van der Waals surface area contributed by atoms with E-state index in [1.54, 1.807) is 6.07 Å². The standard InChI is InChI=1S/C15H22O/c1-4-6-7-8-13(5-2)14-11-12(3)9-10-15(14)16/h6-7,9-11,13,16H,4-5,8H2,1-3H3/b7-6-. The van der Waals surface area contributed by atoms with Gasteiger partial charge in [0.1, 0.15) is 5.75 Å². The van der Waals surface area contributed by atoms with Gasteiger partial charge >= 0.3 is 0 Å². The molecule has 0 aliphatic rings. The summed E-state index contributed by atoms with van der Waals surface area (Å²) in [5.74, 6) is 0.866. The topological polar surface area (TPSA) is 20.2 Å². The van der Waals surface area contributed by atoms with Crippen LogP contribution in [-0.4, -0.2) is 5.11 Å². The van der Waals surface area contributed by atoms with Crippen molar-refractivity contribution < 1.29 is 5.11 Å². The average Bonchev–Trinajstić information content (AvgIpc) is 2.28. The maximum absolute atomic E-state index is 9.87. The first-order valence-electron chi connectivity index (χ1n) is 6.13. The summed E-state index contributed by atoms with van der Waals surface area (Å²) in [6.07, 6.45) is 7.56. The van der Waals surface area contributed by atoms with Crippen molar-refractivity contribution in [3.8, 4) is 5.75 Å². The lowest BCUT2D eigenvalue weighted by Crippen LogP contribution is -1.97. The van der Waals surface area contributed by atoms with Gasteiger partial charge in [-0.1, -0.05) is 43.7 Å². The fourth-order valence-electron chi connectivity index (χ4n) is 1.94. The number of benzene rings is 1. The fraction of sp³-hybridized carbons (Fsp3) is 0.467. The lowest BCUT2D eigenvalue weighted by atomic mass is 9.91. The van der Waals surface area contributed by atoms with Crippen molar-refractivity contribution in [2.75, 3.05) is 0 Å². The van der Waals surface area contributed by atoms with Crippen molar-refractivity contribution in [1.82, 2.24) is 0 Å². The Kier molecular flexibility index (Phi) is 5.10. The van der Waals surface area contributed by atoms with Crippen LogP contribution < -0.4 is 0 Å². The first kappa shape index (κ1) is 12.8. The molecule has 0 saturated heterocycles. The van der Waals surface area contributed by atoms with Gasteiger partial charge in [-0.15, -0.1) is 0 Å². The Morgan fingerprint density at radius 1 is 1.25 bits per heavy atom. The Morgan fingerprint density at radius 3 is 2.62 bits per heavy atom. The van der Waals surface area contributed by atoms with Crippen LogP contribution >= 0.6 is 0 Å². The minimum absolute atomic E-state index is 0.433. The first-order valence-corrected chi connectivity index (χ1v) is 6.13. The summed E-state index contributed by atoms with van der Waals surface area (Å²) in [7, 11) is 0. The molecular weight excluding hydrogens is 196 g/mol. The van der Waals surface area contributed by atoms with Gasteiger partial charge in [0.2, 0.25) is 0 Å². The molecule has 1 aromatic carbocycles. The zero-order valence-electron chi connectivity index (χ0n) is 10.5. The van der Waals surface area contributed by atoms with Crippen molar-refractivity contribution in [3.63, 3.8) is 0 Å². The third kappa shape index (κ3) is 3.41. The third-order valence-electron chi connectivity index (χ3n) is 2.94. The molecule has 1 nitrogen and oxygen atoms in total. The van der Waals surface area contributed by atoms with Crippen molar-refractivity contribution in [3.05, 3.63) is 41.5 Å². The highest BCUT2D eigenvalue weighted by Crippen LogP contribution is 2.31. The molecule has 88 valence electrons. The van der Waals surface area contributed by atoms with Gasteiger partial charge in [-0.3, -0.25) is 0 Å². The SMILES string of the molecule is CC/C=C\CC(CC)c1cc(C)ccc1O. The second-order valence-corrected chi connectivity index (χ2v) is 4.28. The fourth-order valence-corrected chi connectivity index (χ4v) is 1.94. The molecule has 0 spiro atoms. The normalized spacial score (nSPS) is 13.2. The molecule has 0 fully saturated rings. The van der Waals surface area contributed by atoms with E-state index in [1.807, 2.05) is 6.07 Å². The van der Waals surface area contributed by atoms with E-state index in [-0.39, 0.29) is 0 Å². The van der Waals surface area contributed by atoms with E-state index in [4.69, 9.17) is 0 Å². The molecule has 0 bridgehead atoms. The average molecular weight is 218 g/mol. The van der Waals surface area contributed by atoms with Gasteiger partial charge in [-0.25, -0.2) is 0 Å². The van der Waals surface area contributed by atoms with Crippen LogP contribution in [0.4, 0.5) is 0 Å². The number of hydrogen-bond acceptors (Lipinski definition) is 1. The van der Waals surface area contributed by atoms with Gasteiger partial charge in [-0.2, -0.15) is 0 Å². The number of hydrogen-bond donors (Lipinski definition) is 1. The van der Waals surface area contributed by atoms with E-state index in [9.17, 15) is 5.11 Å². The van der Waals surface area contributed by atoms with Crippen LogP contribution in [0, 0.1) is 6.92 Å². The number of aromatic hydroxyl groups is 1. The van der Waals surface area contributed by atoms with Gasteiger partial charge in [0.15, 0.2) is 0 Å². The monoisotopic (exact) mass is 218 g/mol. The smallest absolute Gasteiger partial charge is 0.119 e. The number of rotatable bonds is 5. The summed E-state index contributed by atoms with van der Waals surface area (Å²) < 4.78 is 0. The Bertz CT molecular complexity index is 352. The molecule has 1 N–H and O–H groups in total. The second kappa shape index (κ2) is 6.37. The van der Waals surface area contributed by atoms with Crippen LogP contribution in [0.1, 0.15) is 50.2 Å². The van der Waals surface area contributed by atoms with E-state index in [1.165, 1.54) is 5.56 Å². The molecule has 0 saturated carbocycles. The molecule has 1 heteroatoms.